The van der Waals surface area contributed by atoms with Crippen LogP contribution in [0.3, 0.4) is 0 Å². The second-order valence-electron chi connectivity index (χ2n) is 3.04. The van der Waals surface area contributed by atoms with Crippen molar-refractivity contribution < 1.29 is 0 Å². The molecule has 0 aliphatic carbocycles. The Labute approximate surface area is 87.6 Å². The molecular formula is C11H9ClN2. The maximum atomic E-state index is 5.89. The lowest BCUT2D eigenvalue weighted by Crippen LogP contribution is -1.90. The summed E-state index contributed by atoms with van der Waals surface area (Å²) < 4.78 is 0. The molecule has 1 aromatic heterocycles. The predicted octanol–water partition coefficient (Wildman–Crippen LogP) is 3.11. The summed E-state index contributed by atoms with van der Waals surface area (Å²) in [4.78, 5) is 0. The van der Waals surface area contributed by atoms with Crippen LogP contribution in [0.5, 0.6) is 0 Å². The third-order valence-corrected chi connectivity index (χ3v) is 2.49. The van der Waals surface area contributed by atoms with E-state index in [1.807, 2.05) is 37.3 Å². The van der Waals surface area contributed by atoms with Crippen LogP contribution in [0.1, 0.15) is 5.56 Å². The van der Waals surface area contributed by atoms with Crippen molar-refractivity contribution in [2.24, 2.45) is 0 Å². The Morgan fingerprint density at radius 3 is 2.57 bits per heavy atom. The number of hydrogen-bond acceptors (Lipinski definition) is 2. The van der Waals surface area contributed by atoms with Crippen LogP contribution in [-0.2, 0) is 0 Å². The molecule has 14 heavy (non-hydrogen) atoms. The van der Waals surface area contributed by atoms with Crippen molar-refractivity contribution in [3.63, 3.8) is 0 Å². The molecule has 0 radical (unpaired) electrons. The third-order valence-electron chi connectivity index (χ3n) is 2.13. The highest BCUT2D eigenvalue weighted by Crippen LogP contribution is 2.25. The molecule has 3 heteroatoms. The lowest BCUT2D eigenvalue weighted by molar-refractivity contribution is 1.02. The molecule has 70 valence electrons. The Balaban J connectivity index is 2.58. The zero-order valence-electron chi connectivity index (χ0n) is 7.74. The highest BCUT2D eigenvalue weighted by atomic mass is 35.5. The van der Waals surface area contributed by atoms with Crippen molar-refractivity contribution in [3.8, 4) is 11.1 Å². The van der Waals surface area contributed by atoms with Gasteiger partial charge in [-0.3, -0.25) is 0 Å². The largest absolute Gasteiger partial charge is 0.157 e. The molecule has 0 saturated carbocycles. The van der Waals surface area contributed by atoms with E-state index in [9.17, 15) is 0 Å². The fraction of sp³-hybridized carbons (Fsp3) is 0.0909. The molecule has 0 fully saturated rings. The number of nitrogens with zero attached hydrogens (tertiary/aromatic N) is 2. The van der Waals surface area contributed by atoms with E-state index in [0.29, 0.717) is 5.15 Å². The minimum absolute atomic E-state index is 0.464. The molecule has 2 rings (SSSR count). The van der Waals surface area contributed by atoms with E-state index < -0.39 is 0 Å². The first-order valence-corrected chi connectivity index (χ1v) is 4.70. The minimum atomic E-state index is 0.464. The fourth-order valence-corrected chi connectivity index (χ4v) is 1.47. The molecule has 1 aromatic carbocycles. The number of rotatable bonds is 1. The Hall–Kier alpha value is -1.41. The Kier molecular flexibility index (Phi) is 2.46. The first kappa shape index (κ1) is 9.16. The van der Waals surface area contributed by atoms with Crippen LogP contribution in [0.15, 0.2) is 36.5 Å². The maximum Gasteiger partial charge on any atom is 0.155 e. The van der Waals surface area contributed by atoms with E-state index >= 15 is 0 Å². The summed E-state index contributed by atoms with van der Waals surface area (Å²) in [5.74, 6) is 0. The van der Waals surface area contributed by atoms with Gasteiger partial charge in [0.2, 0.25) is 0 Å². The van der Waals surface area contributed by atoms with Gasteiger partial charge in [-0.05, 0) is 18.1 Å². The lowest BCUT2D eigenvalue weighted by Gasteiger charge is -2.04. The second-order valence-corrected chi connectivity index (χ2v) is 3.40. The number of halogens is 1. The Morgan fingerprint density at radius 1 is 1.14 bits per heavy atom. The van der Waals surface area contributed by atoms with E-state index in [0.717, 1.165) is 16.7 Å². The summed E-state index contributed by atoms with van der Waals surface area (Å²) >= 11 is 5.89. The van der Waals surface area contributed by atoms with Gasteiger partial charge in [0.15, 0.2) is 5.15 Å². The van der Waals surface area contributed by atoms with Crippen LogP contribution in [0.4, 0.5) is 0 Å². The summed E-state index contributed by atoms with van der Waals surface area (Å²) in [6.45, 7) is 1.94. The third kappa shape index (κ3) is 1.61. The summed E-state index contributed by atoms with van der Waals surface area (Å²) in [5, 5.41) is 8.08. The molecule has 1 heterocycles. The quantitative estimate of drug-likeness (QED) is 0.714. The lowest BCUT2D eigenvalue weighted by atomic mass is 10.0. The number of hydrogen-bond donors (Lipinski definition) is 0. The van der Waals surface area contributed by atoms with Gasteiger partial charge in [0.05, 0.1) is 6.20 Å². The van der Waals surface area contributed by atoms with Gasteiger partial charge in [-0.25, -0.2) is 0 Å². The molecule has 0 saturated heterocycles. The topological polar surface area (TPSA) is 25.8 Å². The molecular weight excluding hydrogens is 196 g/mol. The average molecular weight is 205 g/mol. The van der Waals surface area contributed by atoms with Crippen LogP contribution in [0.25, 0.3) is 11.1 Å². The van der Waals surface area contributed by atoms with Crippen molar-refractivity contribution >= 4 is 11.6 Å². The predicted molar refractivity (Wildman–Crippen MR) is 57.2 cm³/mol. The SMILES string of the molecule is Cc1c(-c2ccccc2)cnnc1Cl. The molecule has 0 spiro atoms. The van der Waals surface area contributed by atoms with E-state index in [1.54, 1.807) is 6.20 Å². The Morgan fingerprint density at radius 2 is 1.86 bits per heavy atom. The van der Waals surface area contributed by atoms with Gasteiger partial charge in [0, 0.05) is 5.56 Å². The first-order chi connectivity index (χ1) is 6.79. The van der Waals surface area contributed by atoms with Gasteiger partial charge < -0.3 is 0 Å². The summed E-state index contributed by atoms with van der Waals surface area (Å²) in [5.41, 5.74) is 3.11. The van der Waals surface area contributed by atoms with Crippen molar-refractivity contribution in [2.75, 3.05) is 0 Å². The zero-order valence-corrected chi connectivity index (χ0v) is 8.49. The van der Waals surface area contributed by atoms with Gasteiger partial charge in [-0.2, -0.15) is 5.10 Å². The molecule has 0 aliphatic heterocycles. The van der Waals surface area contributed by atoms with E-state index in [1.165, 1.54) is 0 Å². The van der Waals surface area contributed by atoms with Gasteiger partial charge in [0.25, 0.3) is 0 Å². The average Bonchev–Trinajstić information content (AvgIpc) is 2.23. The second kappa shape index (κ2) is 3.76. The summed E-state index contributed by atoms with van der Waals surface area (Å²) in [7, 11) is 0. The normalized spacial score (nSPS) is 10.1. The first-order valence-electron chi connectivity index (χ1n) is 4.32. The maximum absolute atomic E-state index is 5.89. The summed E-state index contributed by atoms with van der Waals surface area (Å²) in [6.07, 6.45) is 1.73. The van der Waals surface area contributed by atoms with E-state index in [-0.39, 0.29) is 0 Å². The number of benzene rings is 1. The molecule has 0 atom stereocenters. The van der Waals surface area contributed by atoms with Gasteiger partial charge in [-0.1, -0.05) is 41.9 Å². The van der Waals surface area contributed by atoms with E-state index in [4.69, 9.17) is 11.6 Å². The van der Waals surface area contributed by atoms with Crippen LogP contribution in [-0.4, -0.2) is 10.2 Å². The smallest absolute Gasteiger partial charge is 0.155 e. The van der Waals surface area contributed by atoms with Crippen LogP contribution >= 0.6 is 11.6 Å². The standard InChI is InChI=1S/C11H9ClN2/c1-8-10(7-13-14-11(8)12)9-5-3-2-4-6-9/h2-7H,1H3. The molecule has 2 aromatic rings. The molecule has 0 amide bonds. The van der Waals surface area contributed by atoms with Crippen LogP contribution in [0, 0.1) is 6.92 Å². The van der Waals surface area contributed by atoms with Gasteiger partial charge >= 0.3 is 0 Å². The van der Waals surface area contributed by atoms with Gasteiger partial charge in [0.1, 0.15) is 0 Å². The molecule has 0 aliphatic rings. The minimum Gasteiger partial charge on any atom is -0.157 e. The zero-order chi connectivity index (χ0) is 9.97. The fourth-order valence-electron chi connectivity index (χ4n) is 1.33. The van der Waals surface area contributed by atoms with Crippen LogP contribution in [0.2, 0.25) is 5.15 Å². The van der Waals surface area contributed by atoms with Crippen molar-refractivity contribution in [1.82, 2.24) is 10.2 Å². The molecule has 2 nitrogen and oxygen atoms in total. The monoisotopic (exact) mass is 204 g/mol. The van der Waals surface area contributed by atoms with Crippen molar-refractivity contribution in [1.29, 1.82) is 0 Å². The van der Waals surface area contributed by atoms with Gasteiger partial charge in [-0.15, -0.1) is 5.10 Å². The van der Waals surface area contributed by atoms with Crippen molar-refractivity contribution in [2.45, 2.75) is 6.92 Å². The Bertz CT molecular complexity index is 440. The highest BCUT2D eigenvalue weighted by Gasteiger charge is 2.05. The van der Waals surface area contributed by atoms with Crippen LogP contribution < -0.4 is 0 Å². The van der Waals surface area contributed by atoms with Crippen molar-refractivity contribution in [3.05, 3.63) is 47.2 Å². The molecule has 0 unspecified atom stereocenters. The highest BCUT2D eigenvalue weighted by molar-refractivity contribution is 6.30. The molecule has 0 N–H and O–H groups in total. The number of aromatic nitrogens is 2. The molecule has 0 bridgehead atoms. The summed E-state index contributed by atoms with van der Waals surface area (Å²) in [6, 6.07) is 10.0. The van der Waals surface area contributed by atoms with E-state index in [2.05, 4.69) is 10.2 Å².